The van der Waals surface area contributed by atoms with Crippen LogP contribution >= 0.6 is 0 Å². The molecule has 0 heterocycles. The minimum Gasteiger partial charge on any atom is -0.493 e. The quantitative estimate of drug-likeness (QED) is 0.716. The van der Waals surface area contributed by atoms with E-state index in [1.54, 1.807) is 12.1 Å². The van der Waals surface area contributed by atoms with Gasteiger partial charge in [0.2, 0.25) is 0 Å². The highest BCUT2D eigenvalue weighted by Crippen LogP contribution is 2.40. The van der Waals surface area contributed by atoms with Crippen LogP contribution in [0.1, 0.15) is 26.2 Å². The van der Waals surface area contributed by atoms with Gasteiger partial charge in [-0.25, -0.2) is 4.39 Å². The Morgan fingerprint density at radius 2 is 1.93 bits per heavy atom. The molecule has 1 aromatic carbocycles. The van der Waals surface area contributed by atoms with Crippen LogP contribution in [0.5, 0.6) is 5.75 Å². The van der Waals surface area contributed by atoms with Gasteiger partial charge in [0.05, 0.1) is 6.61 Å². The Balaban J connectivity index is 1.88. The number of rotatable bonds is 3. The molecule has 0 spiro atoms. The standard InChI is InChI=1S/C12H15FO/c1-12(7-2-8-12)9-14-11-5-3-10(13)4-6-11/h3-6H,2,7-9H2,1H3. The summed E-state index contributed by atoms with van der Waals surface area (Å²) in [4.78, 5) is 0. The molecule has 1 aromatic rings. The van der Waals surface area contributed by atoms with Gasteiger partial charge in [-0.15, -0.1) is 0 Å². The predicted octanol–water partition coefficient (Wildman–Crippen LogP) is 3.39. The van der Waals surface area contributed by atoms with E-state index in [2.05, 4.69) is 6.92 Å². The molecule has 0 N–H and O–H groups in total. The van der Waals surface area contributed by atoms with Crippen molar-refractivity contribution >= 4 is 0 Å². The normalized spacial score (nSPS) is 18.7. The fraction of sp³-hybridized carbons (Fsp3) is 0.500. The Hall–Kier alpha value is -1.05. The number of ether oxygens (including phenoxy) is 1. The summed E-state index contributed by atoms with van der Waals surface area (Å²) in [6.07, 6.45) is 3.80. The Kier molecular flexibility index (Phi) is 2.44. The lowest BCUT2D eigenvalue weighted by Crippen LogP contribution is -2.32. The summed E-state index contributed by atoms with van der Waals surface area (Å²) in [6, 6.07) is 6.21. The third kappa shape index (κ3) is 2.06. The monoisotopic (exact) mass is 194 g/mol. The van der Waals surface area contributed by atoms with Gasteiger partial charge in [-0.2, -0.15) is 0 Å². The maximum Gasteiger partial charge on any atom is 0.123 e. The van der Waals surface area contributed by atoms with Crippen LogP contribution in [0.3, 0.4) is 0 Å². The van der Waals surface area contributed by atoms with E-state index in [0.29, 0.717) is 5.41 Å². The average molecular weight is 194 g/mol. The van der Waals surface area contributed by atoms with Crippen LogP contribution in [0.15, 0.2) is 24.3 Å². The second-order valence-corrected chi connectivity index (χ2v) is 4.41. The molecular formula is C12H15FO. The molecule has 1 saturated carbocycles. The summed E-state index contributed by atoms with van der Waals surface area (Å²) in [5.74, 6) is 0.548. The van der Waals surface area contributed by atoms with Gasteiger partial charge in [-0.3, -0.25) is 0 Å². The summed E-state index contributed by atoms with van der Waals surface area (Å²) >= 11 is 0. The molecule has 0 aromatic heterocycles. The van der Waals surface area contributed by atoms with E-state index >= 15 is 0 Å². The van der Waals surface area contributed by atoms with Crippen molar-refractivity contribution < 1.29 is 9.13 Å². The van der Waals surface area contributed by atoms with Gasteiger partial charge >= 0.3 is 0 Å². The lowest BCUT2D eigenvalue weighted by molar-refractivity contribution is 0.0775. The molecule has 0 aliphatic heterocycles. The van der Waals surface area contributed by atoms with Crippen molar-refractivity contribution in [3.8, 4) is 5.75 Å². The van der Waals surface area contributed by atoms with Crippen molar-refractivity contribution in [2.24, 2.45) is 5.41 Å². The summed E-state index contributed by atoms with van der Waals surface area (Å²) in [6.45, 7) is 2.98. The van der Waals surface area contributed by atoms with Gasteiger partial charge in [0.15, 0.2) is 0 Å². The van der Waals surface area contributed by atoms with E-state index in [-0.39, 0.29) is 5.82 Å². The molecule has 0 unspecified atom stereocenters. The lowest BCUT2D eigenvalue weighted by Gasteiger charge is -2.37. The fourth-order valence-corrected chi connectivity index (χ4v) is 1.71. The van der Waals surface area contributed by atoms with Crippen molar-refractivity contribution in [2.45, 2.75) is 26.2 Å². The largest absolute Gasteiger partial charge is 0.493 e. The highest BCUT2D eigenvalue weighted by atomic mass is 19.1. The molecule has 1 fully saturated rings. The Bertz CT molecular complexity index is 301. The van der Waals surface area contributed by atoms with Gasteiger partial charge in [0, 0.05) is 5.41 Å². The molecule has 0 atom stereocenters. The molecule has 2 rings (SSSR count). The lowest BCUT2D eigenvalue weighted by atomic mass is 9.71. The molecular weight excluding hydrogens is 179 g/mol. The van der Waals surface area contributed by atoms with Gasteiger partial charge < -0.3 is 4.74 Å². The summed E-state index contributed by atoms with van der Waals surface area (Å²) in [5, 5.41) is 0. The molecule has 76 valence electrons. The highest BCUT2D eigenvalue weighted by Gasteiger charge is 2.32. The molecule has 2 heteroatoms. The molecule has 0 radical (unpaired) electrons. The number of benzene rings is 1. The smallest absolute Gasteiger partial charge is 0.123 e. The number of hydrogen-bond acceptors (Lipinski definition) is 1. The first kappa shape index (κ1) is 9.50. The van der Waals surface area contributed by atoms with Gasteiger partial charge in [-0.1, -0.05) is 13.3 Å². The maximum atomic E-state index is 12.6. The number of hydrogen-bond donors (Lipinski definition) is 0. The van der Waals surface area contributed by atoms with Crippen molar-refractivity contribution in [1.29, 1.82) is 0 Å². The van der Waals surface area contributed by atoms with Crippen molar-refractivity contribution in [3.05, 3.63) is 30.1 Å². The number of halogens is 1. The van der Waals surface area contributed by atoms with Gasteiger partial charge in [0.1, 0.15) is 11.6 Å². The average Bonchev–Trinajstić information content (AvgIpc) is 2.14. The second-order valence-electron chi connectivity index (χ2n) is 4.41. The molecule has 0 saturated heterocycles. The Labute approximate surface area is 83.9 Å². The molecule has 0 bridgehead atoms. The van der Waals surface area contributed by atoms with Crippen molar-refractivity contribution in [1.82, 2.24) is 0 Å². The zero-order chi connectivity index (χ0) is 10.0. The minimum absolute atomic E-state index is 0.216. The third-order valence-electron chi connectivity index (χ3n) is 2.96. The Morgan fingerprint density at radius 3 is 2.43 bits per heavy atom. The van der Waals surface area contributed by atoms with E-state index in [9.17, 15) is 4.39 Å². The SMILES string of the molecule is CC1(COc2ccc(F)cc2)CCC1. The zero-order valence-electron chi connectivity index (χ0n) is 8.42. The molecule has 1 aliphatic rings. The van der Waals surface area contributed by atoms with Crippen LogP contribution in [0.2, 0.25) is 0 Å². The highest BCUT2D eigenvalue weighted by molar-refractivity contribution is 5.22. The Morgan fingerprint density at radius 1 is 1.29 bits per heavy atom. The van der Waals surface area contributed by atoms with Crippen LogP contribution in [0.4, 0.5) is 4.39 Å². The first-order valence-corrected chi connectivity index (χ1v) is 5.06. The molecule has 1 aliphatic carbocycles. The van der Waals surface area contributed by atoms with Crippen molar-refractivity contribution in [3.63, 3.8) is 0 Å². The maximum absolute atomic E-state index is 12.6. The topological polar surface area (TPSA) is 9.23 Å². The molecule has 14 heavy (non-hydrogen) atoms. The van der Waals surface area contributed by atoms with Crippen molar-refractivity contribution in [2.75, 3.05) is 6.61 Å². The summed E-state index contributed by atoms with van der Waals surface area (Å²) < 4.78 is 18.2. The van der Waals surface area contributed by atoms with E-state index in [4.69, 9.17) is 4.74 Å². The van der Waals surface area contributed by atoms with E-state index < -0.39 is 0 Å². The fourth-order valence-electron chi connectivity index (χ4n) is 1.71. The zero-order valence-corrected chi connectivity index (χ0v) is 8.42. The summed E-state index contributed by atoms with van der Waals surface area (Å²) in [5.41, 5.74) is 0.356. The van der Waals surface area contributed by atoms with Crippen LogP contribution in [0, 0.1) is 11.2 Å². The third-order valence-corrected chi connectivity index (χ3v) is 2.96. The molecule has 1 nitrogen and oxygen atoms in total. The predicted molar refractivity (Wildman–Crippen MR) is 53.9 cm³/mol. The minimum atomic E-state index is -0.216. The molecule has 0 amide bonds. The first-order valence-electron chi connectivity index (χ1n) is 5.06. The van der Waals surface area contributed by atoms with E-state index in [1.807, 2.05) is 0 Å². The summed E-state index contributed by atoms with van der Waals surface area (Å²) in [7, 11) is 0. The van der Waals surface area contributed by atoms with Crippen LogP contribution in [-0.2, 0) is 0 Å². The second kappa shape index (κ2) is 3.60. The first-order chi connectivity index (χ1) is 6.68. The van der Waals surface area contributed by atoms with Crippen LogP contribution < -0.4 is 4.74 Å². The van der Waals surface area contributed by atoms with Gasteiger partial charge in [-0.05, 0) is 37.1 Å². The van der Waals surface area contributed by atoms with E-state index in [0.717, 1.165) is 12.4 Å². The van der Waals surface area contributed by atoms with Gasteiger partial charge in [0.25, 0.3) is 0 Å². The van der Waals surface area contributed by atoms with Crippen LogP contribution in [-0.4, -0.2) is 6.61 Å². The van der Waals surface area contributed by atoms with E-state index in [1.165, 1.54) is 31.4 Å². The van der Waals surface area contributed by atoms with Crippen LogP contribution in [0.25, 0.3) is 0 Å².